The highest BCUT2D eigenvalue weighted by atomic mass is 32.1. The maximum absolute atomic E-state index is 11.8. The Morgan fingerprint density at radius 1 is 1.25 bits per heavy atom. The number of rotatable bonds is 9. The van der Waals surface area contributed by atoms with E-state index in [9.17, 15) is 4.79 Å². The number of nitrogens with zero attached hydrogens (tertiary/aromatic N) is 1. The number of aryl methyl sites for hydroxylation is 1. The summed E-state index contributed by atoms with van der Waals surface area (Å²) in [6, 6.07) is 8.04. The lowest BCUT2D eigenvalue weighted by Gasteiger charge is -2.21. The van der Waals surface area contributed by atoms with Crippen LogP contribution in [0.3, 0.4) is 0 Å². The average Bonchev–Trinajstić information content (AvgIpc) is 3.14. The Balaban J connectivity index is 2.02. The van der Waals surface area contributed by atoms with Crippen LogP contribution in [0, 0.1) is 12.8 Å². The van der Waals surface area contributed by atoms with Crippen LogP contribution >= 0.6 is 11.3 Å². The molecule has 0 aromatic carbocycles. The Kier molecular flexibility index (Phi) is 7.06. The first kappa shape index (κ1) is 18.7. The number of nitrogens with one attached hydrogen (secondary N) is 1. The summed E-state index contributed by atoms with van der Waals surface area (Å²) in [5, 5.41) is 2.77. The van der Waals surface area contributed by atoms with Crippen molar-refractivity contribution >= 4 is 17.2 Å². The molecule has 2 aromatic heterocycles. The molecule has 0 aliphatic rings. The molecule has 4 nitrogen and oxygen atoms in total. The molecular weight excluding hydrogens is 320 g/mol. The molecular formula is C19H28N2O2S. The maximum Gasteiger partial charge on any atom is 0.286 e. The van der Waals surface area contributed by atoms with Crippen LogP contribution < -0.4 is 5.32 Å². The van der Waals surface area contributed by atoms with Gasteiger partial charge < -0.3 is 9.73 Å². The molecule has 1 amide bonds. The van der Waals surface area contributed by atoms with Crippen LogP contribution in [0.4, 0.5) is 0 Å². The van der Waals surface area contributed by atoms with E-state index in [2.05, 4.69) is 43.1 Å². The first-order valence-corrected chi connectivity index (χ1v) is 9.44. The van der Waals surface area contributed by atoms with Gasteiger partial charge in [0.2, 0.25) is 0 Å². The molecule has 2 rings (SSSR count). The molecule has 0 aliphatic heterocycles. The van der Waals surface area contributed by atoms with E-state index in [0.717, 1.165) is 31.8 Å². The summed E-state index contributed by atoms with van der Waals surface area (Å²) < 4.78 is 5.73. The fourth-order valence-electron chi connectivity index (χ4n) is 2.50. The Hall–Kier alpha value is -1.59. The lowest BCUT2D eigenvalue weighted by molar-refractivity contribution is 0.0924. The molecule has 1 N–H and O–H groups in total. The van der Waals surface area contributed by atoms with Gasteiger partial charge in [0.25, 0.3) is 5.91 Å². The Labute approximate surface area is 148 Å². The van der Waals surface area contributed by atoms with Gasteiger partial charge in [-0.1, -0.05) is 13.8 Å². The van der Waals surface area contributed by atoms with Gasteiger partial charge in [-0.25, -0.2) is 0 Å². The predicted molar refractivity (Wildman–Crippen MR) is 99.3 cm³/mol. The van der Waals surface area contributed by atoms with Crippen molar-refractivity contribution in [3.8, 4) is 0 Å². The molecule has 0 fully saturated rings. The van der Waals surface area contributed by atoms with Gasteiger partial charge in [0.15, 0.2) is 5.76 Å². The molecule has 0 aliphatic carbocycles. The van der Waals surface area contributed by atoms with Crippen molar-refractivity contribution in [3.63, 3.8) is 0 Å². The molecule has 2 aromatic rings. The van der Waals surface area contributed by atoms with E-state index >= 15 is 0 Å². The second-order valence-electron chi connectivity index (χ2n) is 6.53. The standard InChI is InChI=1S/C19H28N2O2S/c1-5-20-19(22)18-9-7-16(23-18)12-21(11-10-14(2)3)13-17-8-6-15(4)24-17/h6-9,14H,5,10-13H2,1-4H3,(H,20,22). The van der Waals surface area contributed by atoms with Gasteiger partial charge in [-0.2, -0.15) is 0 Å². The summed E-state index contributed by atoms with van der Waals surface area (Å²) in [7, 11) is 0. The average molecular weight is 349 g/mol. The van der Waals surface area contributed by atoms with E-state index < -0.39 is 0 Å². The van der Waals surface area contributed by atoms with Crippen LogP contribution in [0.1, 0.15) is 53.3 Å². The number of hydrogen-bond donors (Lipinski definition) is 1. The van der Waals surface area contributed by atoms with Gasteiger partial charge in [-0.05, 0) is 57.0 Å². The number of furan rings is 1. The van der Waals surface area contributed by atoms with Crippen LogP contribution in [0.25, 0.3) is 0 Å². The first-order valence-electron chi connectivity index (χ1n) is 8.62. The summed E-state index contributed by atoms with van der Waals surface area (Å²) in [6.45, 7) is 11.8. The van der Waals surface area contributed by atoms with Crippen molar-refractivity contribution in [2.75, 3.05) is 13.1 Å². The smallest absolute Gasteiger partial charge is 0.286 e. The van der Waals surface area contributed by atoms with E-state index in [0.29, 0.717) is 18.2 Å². The summed E-state index contributed by atoms with van der Waals surface area (Å²) >= 11 is 1.84. The van der Waals surface area contributed by atoms with E-state index in [1.807, 2.05) is 24.3 Å². The largest absolute Gasteiger partial charge is 0.455 e. The highest BCUT2D eigenvalue weighted by molar-refractivity contribution is 7.11. The normalized spacial score (nSPS) is 11.4. The Bertz CT molecular complexity index is 645. The van der Waals surface area contributed by atoms with Gasteiger partial charge in [0, 0.05) is 22.8 Å². The third-order valence-corrected chi connectivity index (χ3v) is 4.79. The highest BCUT2D eigenvalue weighted by Gasteiger charge is 2.14. The molecule has 24 heavy (non-hydrogen) atoms. The van der Waals surface area contributed by atoms with Gasteiger partial charge >= 0.3 is 0 Å². The first-order chi connectivity index (χ1) is 11.5. The van der Waals surface area contributed by atoms with Crippen LogP contribution in [0.5, 0.6) is 0 Å². The van der Waals surface area contributed by atoms with Crippen molar-refractivity contribution in [1.82, 2.24) is 10.2 Å². The van der Waals surface area contributed by atoms with E-state index in [-0.39, 0.29) is 5.91 Å². The zero-order valence-corrected chi connectivity index (χ0v) is 15.9. The monoisotopic (exact) mass is 348 g/mol. The zero-order valence-electron chi connectivity index (χ0n) is 15.1. The molecule has 0 unspecified atom stereocenters. The molecule has 0 saturated carbocycles. The van der Waals surface area contributed by atoms with E-state index in [4.69, 9.17) is 4.42 Å². The number of carbonyl (C=O) groups excluding carboxylic acids is 1. The molecule has 132 valence electrons. The third kappa shape index (κ3) is 5.80. The van der Waals surface area contributed by atoms with Crippen LogP contribution in [-0.2, 0) is 13.1 Å². The van der Waals surface area contributed by atoms with Gasteiger partial charge in [-0.15, -0.1) is 11.3 Å². The minimum atomic E-state index is -0.147. The predicted octanol–water partition coefficient (Wildman–Crippen LogP) is 4.45. The summed E-state index contributed by atoms with van der Waals surface area (Å²) in [5.41, 5.74) is 0. The topological polar surface area (TPSA) is 45.5 Å². The number of thiophene rings is 1. The molecule has 0 bridgehead atoms. The van der Waals surface area contributed by atoms with Crippen molar-refractivity contribution in [2.24, 2.45) is 5.92 Å². The molecule has 0 spiro atoms. The van der Waals surface area contributed by atoms with E-state index in [1.165, 1.54) is 9.75 Å². The second-order valence-corrected chi connectivity index (χ2v) is 7.90. The van der Waals surface area contributed by atoms with Gasteiger partial charge in [-0.3, -0.25) is 9.69 Å². The summed E-state index contributed by atoms with van der Waals surface area (Å²) in [5.74, 6) is 1.75. The molecule has 2 heterocycles. The van der Waals surface area contributed by atoms with Crippen molar-refractivity contribution in [2.45, 2.75) is 47.2 Å². The van der Waals surface area contributed by atoms with E-state index in [1.54, 1.807) is 6.07 Å². The highest BCUT2D eigenvalue weighted by Crippen LogP contribution is 2.20. The minimum Gasteiger partial charge on any atom is -0.455 e. The molecule has 0 saturated heterocycles. The fourth-order valence-corrected chi connectivity index (χ4v) is 3.43. The molecule has 0 radical (unpaired) electrons. The lowest BCUT2D eigenvalue weighted by Crippen LogP contribution is -2.24. The van der Waals surface area contributed by atoms with Crippen molar-refractivity contribution in [3.05, 3.63) is 45.5 Å². The quantitative estimate of drug-likeness (QED) is 0.728. The van der Waals surface area contributed by atoms with Gasteiger partial charge in [0.1, 0.15) is 5.76 Å². The van der Waals surface area contributed by atoms with Crippen LogP contribution in [0.15, 0.2) is 28.7 Å². The van der Waals surface area contributed by atoms with Crippen LogP contribution in [-0.4, -0.2) is 23.9 Å². The number of carbonyl (C=O) groups is 1. The molecule has 5 heteroatoms. The molecule has 0 atom stereocenters. The fraction of sp³-hybridized carbons (Fsp3) is 0.526. The number of amides is 1. The third-order valence-electron chi connectivity index (χ3n) is 3.80. The second kappa shape index (κ2) is 9.04. The minimum absolute atomic E-state index is 0.147. The maximum atomic E-state index is 11.8. The Morgan fingerprint density at radius 2 is 2.04 bits per heavy atom. The van der Waals surface area contributed by atoms with Gasteiger partial charge in [0.05, 0.1) is 6.54 Å². The number of hydrogen-bond acceptors (Lipinski definition) is 4. The Morgan fingerprint density at radius 3 is 2.67 bits per heavy atom. The van der Waals surface area contributed by atoms with Crippen molar-refractivity contribution in [1.29, 1.82) is 0 Å². The summed E-state index contributed by atoms with van der Waals surface area (Å²) in [6.07, 6.45) is 1.15. The zero-order chi connectivity index (χ0) is 17.5. The SMILES string of the molecule is CCNC(=O)c1ccc(CN(CCC(C)C)Cc2ccc(C)s2)o1. The lowest BCUT2D eigenvalue weighted by atomic mass is 10.1. The van der Waals surface area contributed by atoms with Crippen LogP contribution in [0.2, 0.25) is 0 Å². The summed E-state index contributed by atoms with van der Waals surface area (Å²) in [4.78, 5) is 16.9. The van der Waals surface area contributed by atoms with Crippen molar-refractivity contribution < 1.29 is 9.21 Å².